The SMILES string of the molecule is CN(C)C(=O)c1ccccc1OCCC1CC12CCN(C(=O)C1(c3ccccc3Cl)CCC1)CC2. The summed E-state index contributed by atoms with van der Waals surface area (Å²) in [6, 6.07) is 15.3. The van der Waals surface area contributed by atoms with Gasteiger partial charge in [-0.3, -0.25) is 9.59 Å². The van der Waals surface area contributed by atoms with Crippen LogP contribution in [0.1, 0.15) is 60.9 Å². The molecule has 6 heteroatoms. The summed E-state index contributed by atoms with van der Waals surface area (Å²) in [5, 5.41) is 0.713. The van der Waals surface area contributed by atoms with Crippen LogP contribution < -0.4 is 4.74 Å². The summed E-state index contributed by atoms with van der Waals surface area (Å²) in [6.07, 6.45) is 7.22. The molecule has 2 aliphatic carbocycles. The van der Waals surface area contributed by atoms with Crippen LogP contribution in [0.25, 0.3) is 0 Å². The lowest BCUT2D eigenvalue weighted by atomic mass is 9.63. The largest absolute Gasteiger partial charge is 0.493 e. The molecule has 0 bridgehead atoms. The van der Waals surface area contributed by atoms with E-state index >= 15 is 0 Å². The molecule has 35 heavy (non-hydrogen) atoms. The molecule has 0 N–H and O–H groups in total. The molecular weight excluding hydrogens is 460 g/mol. The predicted octanol–water partition coefficient (Wildman–Crippen LogP) is 5.56. The number of para-hydroxylation sites is 1. The van der Waals surface area contributed by atoms with Crippen molar-refractivity contribution < 1.29 is 14.3 Å². The third-order valence-electron chi connectivity index (χ3n) is 8.66. The number of amides is 2. The molecule has 1 atom stereocenters. The molecule has 1 saturated heterocycles. The number of ether oxygens (including phenoxy) is 1. The smallest absolute Gasteiger partial charge is 0.257 e. The van der Waals surface area contributed by atoms with Crippen LogP contribution >= 0.6 is 11.6 Å². The van der Waals surface area contributed by atoms with Crippen molar-refractivity contribution in [1.29, 1.82) is 0 Å². The summed E-state index contributed by atoms with van der Waals surface area (Å²) in [5.74, 6) is 1.53. The van der Waals surface area contributed by atoms with Crippen molar-refractivity contribution in [1.82, 2.24) is 9.80 Å². The van der Waals surface area contributed by atoms with E-state index in [4.69, 9.17) is 16.3 Å². The molecule has 2 saturated carbocycles. The van der Waals surface area contributed by atoms with E-state index < -0.39 is 5.41 Å². The minimum atomic E-state index is -0.420. The first-order valence-electron chi connectivity index (χ1n) is 12.8. The van der Waals surface area contributed by atoms with Gasteiger partial charge >= 0.3 is 0 Å². The van der Waals surface area contributed by atoms with Crippen molar-refractivity contribution >= 4 is 23.4 Å². The number of carbonyl (C=O) groups excluding carboxylic acids is 2. The first kappa shape index (κ1) is 24.2. The van der Waals surface area contributed by atoms with Crippen molar-refractivity contribution in [3.05, 3.63) is 64.7 Å². The van der Waals surface area contributed by atoms with Crippen LogP contribution in [0.15, 0.2) is 48.5 Å². The van der Waals surface area contributed by atoms with Gasteiger partial charge in [-0.05, 0) is 73.6 Å². The van der Waals surface area contributed by atoms with E-state index in [-0.39, 0.29) is 11.8 Å². The third-order valence-corrected chi connectivity index (χ3v) is 8.99. The Balaban J connectivity index is 1.14. The van der Waals surface area contributed by atoms with Crippen LogP contribution in [-0.2, 0) is 10.2 Å². The highest BCUT2D eigenvalue weighted by Crippen LogP contribution is 2.61. The molecule has 186 valence electrons. The first-order chi connectivity index (χ1) is 16.9. The van der Waals surface area contributed by atoms with Crippen LogP contribution in [0.3, 0.4) is 0 Å². The van der Waals surface area contributed by atoms with E-state index in [9.17, 15) is 9.59 Å². The zero-order chi connectivity index (χ0) is 24.6. The molecule has 1 unspecified atom stereocenters. The molecule has 5 rings (SSSR count). The summed E-state index contributed by atoms with van der Waals surface area (Å²) in [4.78, 5) is 29.7. The Labute approximate surface area is 213 Å². The molecule has 3 aliphatic rings. The maximum absolute atomic E-state index is 13.6. The molecule has 0 aromatic heterocycles. The fourth-order valence-corrected chi connectivity index (χ4v) is 6.53. The second kappa shape index (κ2) is 9.50. The van der Waals surface area contributed by atoms with Gasteiger partial charge in [-0.15, -0.1) is 0 Å². The first-order valence-corrected chi connectivity index (χ1v) is 13.2. The second-order valence-corrected chi connectivity index (χ2v) is 11.2. The lowest BCUT2D eigenvalue weighted by molar-refractivity contribution is -0.142. The number of carbonyl (C=O) groups is 2. The predicted molar refractivity (Wildman–Crippen MR) is 138 cm³/mol. The topological polar surface area (TPSA) is 49.9 Å². The maximum Gasteiger partial charge on any atom is 0.257 e. The van der Waals surface area contributed by atoms with Gasteiger partial charge in [0.25, 0.3) is 5.91 Å². The Morgan fingerprint density at radius 3 is 2.37 bits per heavy atom. The zero-order valence-corrected chi connectivity index (χ0v) is 21.5. The van der Waals surface area contributed by atoms with Gasteiger partial charge in [-0.2, -0.15) is 0 Å². The number of benzene rings is 2. The van der Waals surface area contributed by atoms with Crippen molar-refractivity contribution in [2.75, 3.05) is 33.8 Å². The highest BCUT2D eigenvalue weighted by atomic mass is 35.5. The number of likely N-dealkylation sites (tertiary alicyclic amines) is 1. The van der Waals surface area contributed by atoms with Crippen LogP contribution in [0.2, 0.25) is 5.02 Å². The van der Waals surface area contributed by atoms with E-state index in [0.29, 0.717) is 34.3 Å². The Morgan fingerprint density at radius 1 is 1.03 bits per heavy atom. The van der Waals surface area contributed by atoms with Gasteiger partial charge in [0, 0.05) is 32.2 Å². The molecule has 1 heterocycles. The number of rotatable bonds is 7. The Morgan fingerprint density at radius 2 is 1.71 bits per heavy atom. The van der Waals surface area contributed by atoms with E-state index in [2.05, 4.69) is 4.90 Å². The highest BCUT2D eigenvalue weighted by molar-refractivity contribution is 6.31. The molecule has 2 amide bonds. The van der Waals surface area contributed by atoms with Crippen molar-refractivity contribution in [3.8, 4) is 5.75 Å². The Kier molecular flexibility index (Phi) is 6.56. The summed E-state index contributed by atoms with van der Waals surface area (Å²) in [5.41, 5.74) is 1.55. The fourth-order valence-electron chi connectivity index (χ4n) is 6.21. The van der Waals surface area contributed by atoms with E-state index in [1.807, 2.05) is 48.5 Å². The van der Waals surface area contributed by atoms with Gasteiger partial charge in [0.05, 0.1) is 17.6 Å². The molecule has 3 fully saturated rings. The quantitative estimate of drug-likeness (QED) is 0.506. The third kappa shape index (κ3) is 4.44. The minimum Gasteiger partial charge on any atom is -0.493 e. The summed E-state index contributed by atoms with van der Waals surface area (Å²) in [6.45, 7) is 2.29. The molecule has 1 spiro atoms. The lowest BCUT2D eigenvalue weighted by Gasteiger charge is -2.46. The van der Waals surface area contributed by atoms with Gasteiger partial charge in [-0.25, -0.2) is 0 Å². The fraction of sp³-hybridized carbons (Fsp3) is 0.517. The highest BCUT2D eigenvalue weighted by Gasteiger charge is 2.56. The molecular formula is C29H35ClN2O3. The number of hydrogen-bond donors (Lipinski definition) is 0. The van der Waals surface area contributed by atoms with E-state index in [1.54, 1.807) is 19.0 Å². The van der Waals surface area contributed by atoms with Gasteiger partial charge < -0.3 is 14.5 Å². The Hall–Kier alpha value is -2.53. The van der Waals surface area contributed by atoms with Crippen molar-refractivity contribution in [3.63, 3.8) is 0 Å². The van der Waals surface area contributed by atoms with Crippen LogP contribution in [-0.4, -0.2) is 55.4 Å². The van der Waals surface area contributed by atoms with Crippen LogP contribution in [0.5, 0.6) is 5.75 Å². The molecule has 0 radical (unpaired) electrons. The zero-order valence-electron chi connectivity index (χ0n) is 20.8. The normalized spacial score (nSPS) is 21.8. The van der Waals surface area contributed by atoms with Crippen LogP contribution in [0.4, 0.5) is 0 Å². The maximum atomic E-state index is 13.6. The molecule has 1 aliphatic heterocycles. The van der Waals surface area contributed by atoms with E-state index in [1.165, 1.54) is 6.42 Å². The van der Waals surface area contributed by atoms with Crippen molar-refractivity contribution in [2.45, 2.75) is 50.4 Å². The summed E-state index contributed by atoms with van der Waals surface area (Å²) in [7, 11) is 3.51. The minimum absolute atomic E-state index is 0.0402. The average molecular weight is 495 g/mol. The number of hydrogen-bond acceptors (Lipinski definition) is 3. The molecule has 5 nitrogen and oxygen atoms in total. The van der Waals surface area contributed by atoms with Gasteiger partial charge in [0.2, 0.25) is 5.91 Å². The standard InChI is InChI=1S/C29H35ClN2O3/c1-31(2)26(33)22-8-3-6-11-25(22)35-19-12-21-20-28(21)15-17-32(18-16-28)27(34)29(13-7-14-29)23-9-4-5-10-24(23)30/h3-6,8-11,21H,7,12-20H2,1-2H3. The van der Waals surface area contributed by atoms with Crippen molar-refractivity contribution in [2.24, 2.45) is 11.3 Å². The lowest BCUT2D eigenvalue weighted by Crippen LogP contribution is -2.53. The second-order valence-electron chi connectivity index (χ2n) is 10.8. The number of nitrogens with zero attached hydrogens (tertiary/aromatic N) is 2. The molecule has 2 aromatic rings. The average Bonchev–Trinajstić information content (AvgIpc) is 3.50. The van der Waals surface area contributed by atoms with Gasteiger partial charge in [0.15, 0.2) is 0 Å². The van der Waals surface area contributed by atoms with E-state index in [0.717, 1.165) is 57.2 Å². The van der Waals surface area contributed by atoms with Crippen LogP contribution in [0, 0.1) is 11.3 Å². The Bertz CT molecular complexity index is 1100. The number of halogens is 1. The number of piperidine rings is 1. The van der Waals surface area contributed by atoms with Gasteiger partial charge in [-0.1, -0.05) is 48.4 Å². The molecule has 2 aromatic carbocycles. The monoisotopic (exact) mass is 494 g/mol. The summed E-state index contributed by atoms with van der Waals surface area (Å²) < 4.78 is 6.06. The summed E-state index contributed by atoms with van der Waals surface area (Å²) >= 11 is 6.51. The van der Waals surface area contributed by atoms with Gasteiger partial charge in [0.1, 0.15) is 5.75 Å².